The first-order valence-corrected chi connectivity index (χ1v) is 25.9. The van der Waals surface area contributed by atoms with Gasteiger partial charge in [-0.05, 0) is 44.9 Å². The van der Waals surface area contributed by atoms with Crippen molar-refractivity contribution < 1.29 is 76.9 Å². The normalized spacial score (nSPS) is 22.4. The molecule has 358 valence electrons. The largest absolute Gasteiger partial charge is 0.472 e. The quantitative estimate of drug-likeness (QED) is 0.0133. The van der Waals surface area contributed by atoms with E-state index in [1.54, 1.807) is 0 Å². The lowest BCUT2D eigenvalue weighted by Gasteiger charge is -2.43. The minimum absolute atomic E-state index is 0.0447. The lowest BCUT2D eigenvalue weighted by Crippen LogP contribution is -2.64. The number of carbonyl (C=O) groups excluding carboxylic acids is 2. The number of hydrogen-bond donors (Lipinski definition) is 7. The number of aliphatic hydroxyl groups is 4. The van der Waals surface area contributed by atoms with Crippen LogP contribution >= 0.6 is 15.6 Å². The molecule has 0 heterocycles. The molecule has 0 spiro atoms. The van der Waals surface area contributed by atoms with E-state index in [0.29, 0.717) is 12.8 Å². The molecule has 1 saturated carbocycles. The fraction of sp³-hybridized carbons (Fsp3) is 0.860. The highest BCUT2D eigenvalue weighted by Gasteiger charge is 2.54. The number of ether oxygens (including phenoxy) is 2. The molecule has 1 fully saturated rings. The summed E-state index contributed by atoms with van der Waals surface area (Å²) in [5.74, 6) is -1.22. The molecule has 1 aliphatic carbocycles. The van der Waals surface area contributed by atoms with Gasteiger partial charge in [0.15, 0.2) is 6.10 Å². The molecule has 18 heteroatoms. The maximum absolute atomic E-state index is 13.0. The molecule has 7 N–H and O–H groups in total. The first kappa shape index (κ1) is 57.5. The Hall–Kier alpha value is -1.52. The summed E-state index contributed by atoms with van der Waals surface area (Å²) in [6, 6.07) is 0. The monoisotopic (exact) mass is 914 g/mol. The number of allylic oxidation sites excluding steroid dienone is 4. The van der Waals surface area contributed by atoms with Crippen molar-refractivity contribution >= 4 is 27.6 Å². The van der Waals surface area contributed by atoms with E-state index in [1.165, 1.54) is 70.6 Å². The van der Waals surface area contributed by atoms with Gasteiger partial charge in [0.1, 0.15) is 43.2 Å². The Morgan fingerprint density at radius 2 is 0.951 bits per heavy atom. The van der Waals surface area contributed by atoms with Crippen molar-refractivity contribution in [3.8, 4) is 0 Å². The SMILES string of the molecule is CCCCCC=CCC=CCCCCCCCC(=O)OCC(COP(=O)(O)OC1C(O)C(O)C(O)C(OP(=O)(O)O)C1O)OC(=O)CCCCCCCCCCCCCCC. The van der Waals surface area contributed by atoms with Crippen LogP contribution in [0.1, 0.15) is 181 Å². The predicted molar refractivity (Wildman–Crippen MR) is 232 cm³/mol. The molecule has 8 atom stereocenters. The van der Waals surface area contributed by atoms with Crippen molar-refractivity contribution in [3.05, 3.63) is 24.3 Å². The van der Waals surface area contributed by atoms with Gasteiger partial charge in [0.2, 0.25) is 0 Å². The molecule has 61 heavy (non-hydrogen) atoms. The van der Waals surface area contributed by atoms with Gasteiger partial charge in [-0.1, -0.05) is 147 Å². The van der Waals surface area contributed by atoms with Crippen LogP contribution in [0.3, 0.4) is 0 Å². The van der Waals surface area contributed by atoms with E-state index < -0.39 is 83.5 Å². The maximum atomic E-state index is 13.0. The van der Waals surface area contributed by atoms with E-state index in [2.05, 4.69) is 42.7 Å². The lowest BCUT2D eigenvalue weighted by molar-refractivity contribution is -0.216. The van der Waals surface area contributed by atoms with Crippen molar-refractivity contribution in [1.82, 2.24) is 0 Å². The van der Waals surface area contributed by atoms with Crippen molar-refractivity contribution in [2.24, 2.45) is 0 Å². The van der Waals surface area contributed by atoms with Gasteiger partial charge in [-0.25, -0.2) is 9.13 Å². The lowest BCUT2D eigenvalue weighted by atomic mass is 9.85. The molecule has 0 amide bonds. The second-order valence-corrected chi connectivity index (χ2v) is 18.7. The Balaban J connectivity index is 2.62. The Morgan fingerprint density at radius 1 is 0.525 bits per heavy atom. The summed E-state index contributed by atoms with van der Waals surface area (Å²) >= 11 is 0. The van der Waals surface area contributed by atoms with Crippen LogP contribution in [-0.2, 0) is 41.8 Å². The zero-order valence-corrected chi connectivity index (χ0v) is 38.6. The van der Waals surface area contributed by atoms with Crippen molar-refractivity contribution in [3.63, 3.8) is 0 Å². The number of unbranched alkanes of at least 4 members (excludes halogenated alkanes) is 20. The molecule has 1 rings (SSSR count). The summed E-state index contributed by atoms with van der Waals surface area (Å²) in [6.07, 6.45) is 20.0. The third kappa shape index (κ3) is 29.5. The molecule has 16 nitrogen and oxygen atoms in total. The van der Waals surface area contributed by atoms with E-state index in [-0.39, 0.29) is 12.8 Å². The minimum Gasteiger partial charge on any atom is -0.462 e. The Labute approximate surface area is 364 Å². The van der Waals surface area contributed by atoms with Crippen LogP contribution in [0.2, 0.25) is 0 Å². The van der Waals surface area contributed by atoms with Gasteiger partial charge >= 0.3 is 27.6 Å². The van der Waals surface area contributed by atoms with Gasteiger partial charge in [0.05, 0.1) is 6.61 Å². The topological polar surface area (TPSA) is 256 Å². The van der Waals surface area contributed by atoms with Crippen LogP contribution in [0.4, 0.5) is 0 Å². The van der Waals surface area contributed by atoms with Crippen molar-refractivity contribution in [2.45, 2.75) is 224 Å². The van der Waals surface area contributed by atoms with Gasteiger partial charge in [0.25, 0.3) is 0 Å². The molecule has 0 bridgehead atoms. The number of esters is 2. The van der Waals surface area contributed by atoms with Crippen LogP contribution in [0, 0.1) is 0 Å². The van der Waals surface area contributed by atoms with Crippen molar-refractivity contribution in [1.29, 1.82) is 0 Å². The van der Waals surface area contributed by atoms with E-state index in [0.717, 1.165) is 70.6 Å². The van der Waals surface area contributed by atoms with E-state index in [9.17, 15) is 44.0 Å². The number of phosphoric acid groups is 2. The number of carbonyl (C=O) groups is 2. The predicted octanol–water partition coefficient (Wildman–Crippen LogP) is 8.17. The molecular formula is C43H80O16P2. The van der Waals surface area contributed by atoms with E-state index >= 15 is 0 Å². The Bertz CT molecular complexity index is 1290. The van der Waals surface area contributed by atoms with Gasteiger partial charge in [-0.15, -0.1) is 0 Å². The zero-order valence-electron chi connectivity index (χ0n) is 36.8. The zero-order chi connectivity index (χ0) is 45.4. The molecule has 8 unspecified atom stereocenters. The Kier molecular flexibility index (Phi) is 32.8. The maximum Gasteiger partial charge on any atom is 0.472 e. The van der Waals surface area contributed by atoms with Crippen LogP contribution < -0.4 is 0 Å². The molecule has 0 aromatic carbocycles. The number of aliphatic hydroxyl groups excluding tert-OH is 4. The smallest absolute Gasteiger partial charge is 0.462 e. The van der Waals surface area contributed by atoms with E-state index in [4.69, 9.17) is 28.3 Å². The molecule has 1 aliphatic rings. The summed E-state index contributed by atoms with van der Waals surface area (Å²) in [4.78, 5) is 54.2. The molecule has 0 aromatic rings. The number of rotatable bonds is 38. The summed E-state index contributed by atoms with van der Waals surface area (Å²) in [5.41, 5.74) is 0. The third-order valence-corrected chi connectivity index (χ3v) is 12.0. The second-order valence-electron chi connectivity index (χ2n) is 16.1. The Morgan fingerprint density at radius 3 is 1.46 bits per heavy atom. The molecular weight excluding hydrogens is 834 g/mol. The first-order valence-electron chi connectivity index (χ1n) is 22.9. The van der Waals surface area contributed by atoms with E-state index in [1.807, 2.05) is 0 Å². The van der Waals surface area contributed by atoms with Crippen LogP contribution in [-0.4, -0.2) is 103 Å². The fourth-order valence-electron chi connectivity index (χ4n) is 6.94. The highest BCUT2D eigenvalue weighted by molar-refractivity contribution is 7.47. The van der Waals surface area contributed by atoms with Crippen LogP contribution in [0.25, 0.3) is 0 Å². The molecule has 0 radical (unpaired) electrons. The van der Waals surface area contributed by atoms with Gasteiger partial charge in [-0.3, -0.25) is 23.2 Å². The van der Waals surface area contributed by atoms with Crippen LogP contribution in [0.15, 0.2) is 24.3 Å². The highest BCUT2D eigenvalue weighted by Crippen LogP contribution is 2.49. The van der Waals surface area contributed by atoms with Crippen LogP contribution in [0.5, 0.6) is 0 Å². The van der Waals surface area contributed by atoms with Gasteiger partial charge < -0.3 is 44.6 Å². The third-order valence-electron chi connectivity index (χ3n) is 10.5. The number of phosphoric ester groups is 2. The molecule has 0 saturated heterocycles. The van der Waals surface area contributed by atoms with Gasteiger partial charge in [-0.2, -0.15) is 0 Å². The number of hydrogen-bond acceptors (Lipinski definition) is 13. The highest BCUT2D eigenvalue weighted by atomic mass is 31.2. The van der Waals surface area contributed by atoms with Gasteiger partial charge in [0, 0.05) is 12.8 Å². The molecule has 0 aliphatic heterocycles. The average molecular weight is 915 g/mol. The summed E-state index contributed by atoms with van der Waals surface area (Å²) < 4.78 is 49.3. The summed E-state index contributed by atoms with van der Waals surface area (Å²) in [6.45, 7) is 3.06. The molecule has 0 aromatic heterocycles. The van der Waals surface area contributed by atoms with Crippen molar-refractivity contribution in [2.75, 3.05) is 13.2 Å². The summed E-state index contributed by atoms with van der Waals surface area (Å²) in [7, 11) is -10.7. The average Bonchev–Trinajstić information content (AvgIpc) is 3.21. The first-order chi connectivity index (χ1) is 29.1. The summed E-state index contributed by atoms with van der Waals surface area (Å²) in [5, 5.41) is 41.2. The fourth-order valence-corrected chi connectivity index (χ4v) is 8.48. The minimum atomic E-state index is -5.36. The second kappa shape index (κ2) is 34.8. The standard InChI is InChI=1S/C43H80O16P2/c1-3-5-7-9-11-13-15-17-18-20-21-23-25-27-29-31-36(44)55-33-35(57-37(45)32-30-28-26-24-22-19-16-14-12-10-8-6-4-2)34-56-61(53,54)59-43-40(48)38(46)39(47)42(41(43)49)58-60(50,51)52/h11,13,17-18,35,38-43,46-49H,3-10,12,14-16,19-34H2,1-2H3,(H,53,54)(H2,50,51,52).